The van der Waals surface area contributed by atoms with E-state index in [1.807, 2.05) is 0 Å². The Morgan fingerprint density at radius 2 is 2.04 bits per heavy atom. The second-order valence-corrected chi connectivity index (χ2v) is 6.23. The predicted molar refractivity (Wildman–Crippen MR) is 100 cm³/mol. The molecule has 8 heteroatoms. The second kappa shape index (κ2) is 7.20. The molecule has 6 nitrogen and oxygen atoms in total. The van der Waals surface area contributed by atoms with Gasteiger partial charge in [-0.1, -0.05) is 17.7 Å². The van der Waals surface area contributed by atoms with E-state index in [4.69, 9.17) is 16.3 Å². The molecular formula is C19H14ClFN4O2. The molecule has 0 atom stereocenters. The molecule has 27 heavy (non-hydrogen) atoms. The molecule has 1 aromatic heterocycles. The largest absolute Gasteiger partial charge is 0.475 e. The smallest absolute Gasteiger partial charge is 0.256 e. The van der Waals surface area contributed by atoms with Crippen LogP contribution in [0.15, 0.2) is 59.7 Å². The van der Waals surface area contributed by atoms with E-state index >= 15 is 0 Å². The van der Waals surface area contributed by atoms with Gasteiger partial charge in [0.1, 0.15) is 18.2 Å². The third kappa shape index (κ3) is 3.54. The average Bonchev–Trinajstić information content (AvgIpc) is 3.32. The van der Waals surface area contributed by atoms with E-state index in [1.54, 1.807) is 42.6 Å². The molecule has 0 spiro atoms. The topological polar surface area (TPSA) is 68.5 Å². The Balaban J connectivity index is 1.75. The second-order valence-electron chi connectivity index (χ2n) is 5.79. The summed E-state index contributed by atoms with van der Waals surface area (Å²) in [7, 11) is 0. The van der Waals surface area contributed by atoms with Crippen LogP contribution in [0, 0.1) is 5.82 Å². The molecule has 1 aliphatic heterocycles. The quantitative estimate of drug-likeness (QED) is 0.745. The number of ether oxygens (including phenoxy) is 1. The molecule has 0 fully saturated rings. The molecule has 3 aromatic rings. The van der Waals surface area contributed by atoms with Gasteiger partial charge in [0.15, 0.2) is 0 Å². The Morgan fingerprint density at radius 1 is 1.22 bits per heavy atom. The number of amides is 1. The zero-order valence-electron chi connectivity index (χ0n) is 14.0. The standard InChI is InChI=1S/C19H14ClFN4O2/c20-13-3-1-2-12(10-13)18(26)24-17-16(19-22-8-9-27-19)11-23-25(17)15-6-4-14(21)5-7-15/h1-7,10-11H,8-9H2,(H,24,26). The van der Waals surface area contributed by atoms with Crippen molar-refractivity contribution in [2.45, 2.75) is 0 Å². The van der Waals surface area contributed by atoms with E-state index in [-0.39, 0.29) is 11.7 Å². The van der Waals surface area contributed by atoms with Crippen LogP contribution < -0.4 is 5.32 Å². The van der Waals surface area contributed by atoms with Gasteiger partial charge in [0.05, 0.1) is 24.0 Å². The van der Waals surface area contributed by atoms with Crippen LogP contribution in [0.3, 0.4) is 0 Å². The maximum atomic E-state index is 13.3. The van der Waals surface area contributed by atoms with Crippen LogP contribution in [-0.2, 0) is 4.74 Å². The Bertz CT molecular complexity index is 1030. The van der Waals surface area contributed by atoms with Crippen molar-refractivity contribution in [3.05, 3.63) is 76.7 Å². The number of anilines is 1. The molecule has 0 radical (unpaired) electrons. The summed E-state index contributed by atoms with van der Waals surface area (Å²) in [4.78, 5) is 17.0. The van der Waals surface area contributed by atoms with Crippen molar-refractivity contribution >= 4 is 29.2 Å². The van der Waals surface area contributed by atoms with Crippen molar-refractivity contribution in [2.75, 3.05) is 18.5 Å². The van der Waals surface area contributed by atoms with E-state index in [1.165, 1.54) is 16.8 Å². The molecule has 2 heterocycles. The molecule has 1 N–H and O–H groups in total. The van der Waals surface area contributed by atoms with Crippen molar-refractivity contribution in [3.63, 3.8) is 0 Å². The summed E-state index contributed by atoms with van der Waals surface area (Å²) in [6.45, 7) is 1.01. The lowest BCUT2D eigenvalue weighted by Crippen LogP contribution is -2.17. The average molecular weight is 385 g/mol. The maximum Gasteiger partial charge on any atom is 0.256 e. The fourth-order valence-electron chi connectivity index (χ4n) is 2.71. The summed E-state index contributed by atoms with van der Waals surface area (Å²) in [5, 5.41) is 7.62. The lowest BCUT2D eigenvalue weighted by Gasteiger charge is -2.11. The Hall–Kier alpha value is -3.19. The van der Waals surface area contributed by atoms with Gasteiger partial charge in [0.25, 0.3) is 5.91 Å². The van der Waals surface area contributed by atoms with Crippen molar-refractivity contribution in [3.8, 4) is 5.69 Å². The lowest BCUT2D eigenvalue weighted by molar-refractivity contribution is 0.102. The van der Waals surface area contributed by atoms with Crippen LogP contribution in [0.4, 0.5) is 10.2 Å². The van der Waals surface area contributed by atoms with Crippen molar-refractivity contribution in [1.29, 1.82) is 0 Å². The van der Waals surface area contributed by atoms with E-state index in [9.17, 15) is 9.18 Å². The van der Waals surface area contributed by atoms with E-state index in [0.29, 0.717) is 46.7 Å². The van der Waals surface area contributed by atoms with Gasteiger partial charge < -0.3 is 10.1 Å². The highest BCUT2D eigenvalue weighted by Crippen LogP contribution is 2.24. The van der Waals surface area contributed by atoms with Gasteiger partial charge in [-0.15, -0.1) is 0 Å². The summed E-state index contributed by atoms with van der Waals surface area (Å²) in [5.41, 5.74) is 1.53. The van der Waals surface area contributed by atoms with Crippen LogP contribution >= 0.6 is 11.6 Å². The Kier molecular flexibility index (Phi) is 4.60. The monoisotopic (exact) mass is 384 g/mol. The molecule has 0 saturated heterocycles. The summed E-state index contributed by atoms with van der Waals surface area (Å²) >= 11 is 5.98. The number of halogens is 2. The molecule has 1 amide bonds. The van der Waals surface area contributed by atoms with Gasteiger partial charge in [-0.05, 0) is 42.5 Å². The van der Waals surface area contributed by atoms with Gasteiger partial charge >= 0.3 is 0 Å². The molecule has 0 unspecified atom stereocenters. The van der Waals surface area contributed by atoms with Gasteiger partial charge in [0, 0.05) is 10.6 Å². The minimum absolute atomic E-state index is 0.360. The first-order valence-corrected chi connectivity index (χ1v) is 8.58. The first-order valence-electron chi connectivity index (χ1n) is 8.20. The molecule has 4 rings (SSSR count). The third-order valence-corrected chi connectivity index (χ3v) is 4.21. The number of rotatable bonds is 4. The van der Waals surface area contributed by atoms with E-state index in [2.05, 4.69) is 15.4 Å². The van der Waals surface area contributed by atoms with Gasteiger partial charge in [-0.25, -0.2) is 14.1 Å². The third-order valence-electron chi connectivity index (χ3n) is 3.98. The summed E-state index contributed by atoms with van der Waals surface area (Å²) in [6.07, 6.45) is 1.56. The van der Waals surface area contributed by atoms with Crippen molar-refractivity contribution in [2.24, 2.45) is 4.99 Å². The Morgan fingerprint density at radius 3 is 2.74 bits per heavy atom. The molecule has 0 aliphatic carbocycles. The fraction of sp³-hybridized carbons (Fsp3) is 0.105. The number of nitrogens with one attached hydrogen (secondary N) is 1. The Labute approximate surface area is 159 Å². The van der Waals surface area contributed by atoms with E-state index < -0.39 is 0 Å². The molecule has 136 valence electrons. The van der Waals surface area contributed by atoms with Crippen molar-refractivity contribution < 1.29 is 13.9 Å². The zero-order chi connectivity index (χ0) is 18.8. The minimum atomic E-state index is -0.362. The number of carbonyl (C=O) groups excluding carboxylic acids is 1. The first kappa shape index (κ1) is 17.2. The number of hydrogen-bond donors (Lipinski definition) is 1. The normalized spacial score (nSPS) is 13.2. The van der Waals surface area contributed by atoms with E-state index in [0.717, 1.165) is 0 Å². The maximum absolute atomic E-state index is 13.3. The molecular weight excluding hydrogens is 371 g/mol. The van der Waals surface area contributed by atoms with Crippen LogP contribution in [0.25, 0.3) is 5.69 Å². The van der Waals surface area contributed by atoms with Crippen LogP contribution in [0.2, 0.25) is 5.02 Å². The number of carbonyl (C=O) groups is 1. The summed E-state index contributed by atoms with van der Waals surface area (Å²) in [6, 6.07) is 12.4. The minimum Gasteiger partial charge on any atom is -0.475 e. The fourth-order valence-corrected chi connectivity index (χ4v) is 2.90. The van der Waals surface area contributed by atoms with Gasteiger partial charge in [-0.2, -0.15) is 5.10 Å². The van der Waals surface area contributed by atoms with Crippen LogP contribution in [0.5, 0.6) is 0 Å². The number of aromatic nitrogens is 2. The predicted octanol–water partition coefficient (Wildman–Crippen LogP) is 3.69. The SMILES string of the molecule is O=C(Nc1c(C2=NCCO2)cnn1-c1ccc(F)cc1)c1cccc(Cl)c1. The highest BCUT2D eigenvalue weighted by atomic mass is 35.5. The van der Waals surface area contributed by atoms with Crippen LogP contribution in [0.1, 0.15) is 15.9 Å². The van der Waals surface area contributed by atoms with Gasteiger partial charge in [-0.3, -0.25) is 4.79 Å². The number of benzene rings is 2. The first-order chi connectivity index (χ1) is 13.1. The number of nitrogens with zero attached hydrogens (tertiary/aromatic N) is 3. The number of hydrogen-bond acceptors (Lipinski definition) is 4. The summed E-state index contributed by atoms with van der Waals surface area (Å²) in [5.74, 6) is 0.0670. The summed E-state index contributed by atoms with van der Waals surface area (Å²) < 4.78 is 20.3. The zero-order valence-corrected chi connectivity index (χ0v) is 14.8. The molecule has 1 aliphatic rings. The highest BCUT2D eigenvalue weighted by molar-refractivity contribution is 6.31. The molecule has 0 saturated carbocycles. The highest BCUT2D eigenvalue weighted by Gasteiger charge is 2.22. The van der Waals surface area contributed by atoms with Crippen LogP contribution in [-0.4, -0.2) is 34.7 Å². The van der Waals surface area contributed by atoms with Crippen molar-refractivity contribution in [1.82, 2.24) is 9.78 Å². The van der Waals surface area contributed by atoms with Gasteiger partial charge in [0.2, 0.25) is 5.90 Å². The molecule has 0 bridgehead atoms. The lowest BCUT2D eigenvalue weighted by atomic mass is 10.2. The number of aliphatic imine (C=N–C) groups is 1. The molecule has 2 aromatic carbocycles.